The molecule has 3 aromatic rings. The number of aliphatic carboxylic acids is 1. The lowest BCUT2D eigenvalue weighted by molar-refractivity contribution is -0.179. The Kier molecular flexibility index (Phi) is 10.7. The first-order chi connectivity index (χ1) is 22.0. The molecule has 1 aliphatic rings. The molecule has 3 N–H and O–H groups in total. The first-order valence-corrected chi connectivity index (χ1v) is 14.1. The molecule has 0 radical (unpaired) electrons. The van der Waals surface area contributed by atoms with Crippen LogP contribution in [0, 0.1) is 0 Å². The second-order valence-electron chi connectivity index (χ2n) is 10.3. The second kappa shape index (κ2) is 14.8. The molecule has 0 heterocycles. The number of esters is 3. The van der Waals surface area contributed by atoms with Crippen LogP contribution < -0.4 is 10.6 Å². The Hall–Kier alpha value is -5.72. The Morgan fingerprint density at radius 1 is 0.783 bits per heavy atom. The Morgan fingerprint density at radius 3 is 1.85 bits per heavy atom. The van der Waals surface area contributed by atoms with Gasteiger partial charge in [0.25, 0.3) is 5.91 Å². The third-order valence-electron chi connectivity index (χ3n) is 7.15. The van der Waals surface area contributed by atoms with Crippen molar-refractivity contribution in [3.8, 4) is 11.1 Å². The minimum Gasteiger partial charge on any atom is -0.478 e. The standard InChI is InChI=1S/C33H32N2O11/c1-18(36)45-28(29(31(39)40)46-19(2)37)30(38)34-21-14-12-20(13-15-21)16-27(32(41)43-3)35-33(42)44-17-26-24-10-6-4-8-22(24)23-9-5-7-11-25(23)26/h4-15,26-29H,16-17H2,1-3H3,(H,34,38)(H,35,42)(H,39,40)/t27-,28+,29+/m0/s1. The van der Waals surface area contributed by atoms with E-state index in [1.165, 1.54) is 19.2 Å². The predicted molar refractivity (Wildman–Crippen MR) is 162 cm³/mol. The molecular formula is C33H32N2O11. The maximum Gasteiger partial charge on any atom is 0.407 e. The monoisotopic (exact) mass is 632 g/mol. The molecular weight excluding hydrogens is 600 g/mol. The number of carbonyl (C=O) groups excluding carboxylic acids is 5. The van der Waals surface area contributed by atoms with Crippen LogP contribution in [0.3, 0.4) is 0 Å². The molecule has 2 amide bonds. The molecule has 1 aliphatic carbocycles. The summed E-state index contributed by atoms with van der Waals surface area (Å²) < 4.78 is 19.9. The Morgan fingerprint density at radius 2 is 1.33 bits per heavy atom. The van der Waals surface area contributed by atoms with E-state index in [2.05, 4.69) is 15.4 Å². The molecule has 0 spiro atoms. The highest BCUT2D eigenvalue weighted by molar-refractivity contribution is 5.99. The molecule has 0 unspecified atom stereocenters. The maximum atomic E-state index is 12.8. The highest BCUT2D eigenvalue weighted by Crippen LogP contribution is 2.44. The van der Waals surface area contributed by atoms with Crippen molar-refractivity contribution in [2.75, 3.05) is 19.0 Å². The number of hydrogen-bond donors (Lipinski definition) is 3. The summed E-state index contributed by atoms with van der Waals surface area (Å²) in [5, 5.41) is 14.4. The normalized spacial score (nSPS) is 13.5. The molecule has 0 aromatic heterocycles. The van der Waals surface area contributed by atoms with E-state index in [9.17, 15) is 33.9 Å². The number of anilines is 1. The Balaban J connectivity index is 1.39. The lowest BCUT2D eigenvalue weighted by Gasteiger charge is -2.22. The number of methoxy groups -OCH3 is 1. The summed E-state index contributed by atoms with van der Waals surface area (Å²) in [7, 11) is 1.19. The molecule has 0 fully saturated rings. The van der Waals surface area contributed by atoms with Crippen molar-refractivity contribution < 1.29 is 52.8 Å². The zero-order chi connectivity index (χ0) is 33.4. The Bertz CT molecular complexity index is 1590. The van der Waals surface area contributed by atoms with Crippen molar-refractivity contribution in [3.63, 3.8) is 0 Å². The number of rotatable bonds is 12. The van der Waals surface area contributed by atoms with E-state index in [4.69, 9.17) is 14.2 Å². The predicted octanol–water partition coefficient (Wildman–Crippen LogP) is 3.20. The fraction of sp³-hybridized carbons (Fsp3) is 0.273. The molecule has 0 bridgehead atoms. The summed E-state index contributed by atoms with van der Waals surface area (Å²) in [4.78, 5) is 72.7. The molecule has 0 saturated heterocycles. The highest BCUT2D eigenvalue weighted by Gasteiger charge is 2.39. The number of carboxylic acids is 1. The van der Waals surface area contributed by atoms with Gasteiger partial charge in [0.15, 0.2) is 0 Å². The van der Waals surface area contributed by atoms with Crippen molar-refractivity contribution in [2.24, 2.45) is 0 Å². The van der Waals surface area contributed by atoms with Gasteiger partial charge in [-0.05, 0) is 39.9 Å². The quantitative estimate of drug-likeness (QED) is 0.197. The Labute approximate surface area is 263 Å². The van der Waals surface area contributed by atoms with Crippen molar-refractivity contribution in [2.45, 2.75) is 44.4 Å². The van der Waals surface area contributed by atoms with Crippen LogP contribution in [0.5, 0.6) is 0 Å². The SMILES string of the molecule is COC(=O)[C@H](Cc1ccc(NC(=O)[C@H](OC(C)=O)[C@@H](OC(C)=O)C(=O)O)cc1)NC(=O)OCC1c2ccccc2-c2ccccc21. The van der Waals surface area contributed by atoms with Gasteiger partial charge in [0.1, 0.15) is 12.6 Å². The molecule has 240 valence electrons. The first kappa shape index (κ1) is 33.2. The smallest absolute Gasteiger partial charge is 0.407 e. The van der Waals surface area contributed by atoms with Crippen LogP contribution in [-0.2, 0) is 49.3 Å². The van der Waals surface area contributed by atoms with Gasteiger partial charge >= 0.3 is 30.0 Å². The average Bonchev–Trinajstić information content (AvgIpc) is 3.35. The molecule has 3 aromatic carbocycles. The van der Waals surface area contributed by atoms with Gasteiger partial charge in [-0.2, -0.15) is 0 Å². The van der Waals surface area contributed by atoms with Crippen LogP contribution in [0.4, 0.5) is 10.5 Å². The summed E-state index contributed by atoms with van der Waals surface area (Å²) >= 11 is 0. The van der Waals surface area contributed by atoms with Crippen molar-refractivity contribution >= 4 is 41.6 Å². The number of fused-ring (bicyclic) bond motifs is 3. The number of nitrogens with one attached hydrogen (secondary N) is 2. The van der Waals surface area contributed by atoms with Crippen LogP contribution in [0.2, 0.25) is 0 Å². The number of ether oxygens (including phenoxy) is 4. The van der Waals surface area contributed by atoms with Gasteiger partial charge in [0, 0.05) is 31.9 Å². The van der Waals surface area contributed by atoms with Crippen molar-refractivity contribution in [1.29, 1.82) is 0 Å². The van der Waals surface area contributed by atoms with Crippen molar-refractivity contribution in [3.05, 3.63) is 89.5 Å². The van der Waals surface area contributed by atoms with E-state index < -0.39 is 54.1 Å². The molecule has 4 rings (SSSR count). The fourth-order valence-corrected chi connectivity index (χ4v) is 5.14. The van der Waals surface area contributed by atoms with E-state index in [0.29, 0.717) is 5.56 Å². The second-order valence-corrected chi connectivity index (χ2v) is 10.3. The van der Waals surface area contributed by atoms with Crippen LogP contribution in [0.25, 0.3) is 11.1 Å². The highest BCUT2D eigenvalue weighted by atomic mass is 16.6. The lowest BCUT2D eigenvalue weighted by atomic mass is 9.98. The van der Waals surface area contributed by atoms with Crippen molar-refractivity contribution in [1.82, 2.24) is 5.32 Å². The number of carboxylic acid groups (broad SMARTS) is 1. The lowest BCUT2D eigenvalue weighted by Crippen LogP contribution is -2.47. The summed E-state index contributed by atoms with van der Waals surface area (Å²) in [6.45, 7) is 1.97. The van der Waals surface area contributed by atoms with Crippen LogP contribution in [-0.4, -0.2) is 73.0 Å². The van der Waals surface area contributed by atoms with E-state index in [1.54, 1.807) is 12.1 Å². The summed E-state index contributed by atoms with van der Waals surface area (Å²) in [5.74, 6) is -5.58. The van der Waals surface area contributed by atoms with Crippen LogP contribution in [0.1, 0.15) is 36.5 Å². The average molecular weight is 633 g/mol. The van der Waals surface area contributed by atoms with Gasteiger partial charge in [0.05, 0.1) is 7.11 Å². The summed E-state index contributed by atoms with van der Waals surface area (Å²) in [6.07, 6.45) is -4.85. The fourth-order valence-electron chi connectivity index (χ4n) is 5.14. The van der Waals surface area contributed by atoms with E-state index in [1.807, 2.05) is 48.5 Å². The largest absolute Gasteiger partial charge is 0.478 e. The van der Waals surface area contributed by atoms with Crippen LogP contribution in [0.15, 0.2) is 72.8 Å². The van der Waals surface area contributed by atoms with Gasteiger partial charge in [-0.25, -0.2) is 14.4 Å². The van der Waals surface area contributed by atoms with E-state index in [-0.39, 0.29) is 24.6 Å². The van der Waals surface area contributed by atoms with Gasteiger partial charge in [-0.1, -0.05) is 60.7 Å². The topological polar surface area (TPSA) is 184 Å². The zero-order valence-corrected chi connectivity index (χ0v) is 25.2. The van der Waals surface area contributed by atoms with E-state index in [0.717, 1.165) is 36.1 Å². The third kappa shape index (κ3) is 8.05. The minimum absolute atomic E-state index is 0.00864. The molecule has 0 aliphatic heterocycles. The molecule has 46 heavy (non-hydrogen) atoms. The number of carbonyl (C=O) groups is 6. The van der Waals surface area contributed by atoms with Gasteiger partial charge in [-0.15, -0.1) is 0 Å². The number of alkyl carbamates (subject to hydrolysis) is 1. The van der Waals surface area contributed by atoms with E-state index >= 15 is 0 Å². The number of hydrogen-bond acceptors (Lipinski definition) is 10. The summed E-state index contributed by atoms with van der Waals surface area (Å²) in [5.41, 5.74) is 4.97. The molecule has 0 saturated carbocycles. The molecule has 13 nitrogen and oxygen atoms in total. The van der Waals surface area contributed by atoms with Gasteiger partial charge < -0.3 is 34.7 Å². The third-order valence-corrected chi connectivity index (χ3v) is 7.15. The van der Waals surface area contributed by atoms with Gasteiger partial charge in [0.2, 0.25) is 12.2 Å². The summed E-state index contributed by atoms with van der Waals surface area (Å²) in [6, 6.07) is 20.7. The van der Waals surface area contributed by atoms with Crippen LogP contribution >= 0.6 is 0 Å². The molecule has 13 heteroatoms. The minimum atomic E-state index is -2.08. The first-order valence-electron chi connectivity index (χ1n) is 14.1. The molecule has 3 atom stereocenters. The number of amides is 2. The maximum absolute atomic E-state index is 12.8. The zero-order valence-electron chi connectivity index (χ0n) is 25.2. The number of benzene rings is 3. The van der Waals surface area contributed by atoms with Gasteiger partial charge in [-0.3, -0.25) is 14.4 Å².